The van der Waals surface area contributed by atoms with E-state index in [9.17, 15) is 29.1 Å². The Morgan fingerprint density at radius 3 is 2.06 bits per heavy atom. The molecule has 0 aromatic heterocycles. The molecule has 3 aromatic rings. The molecule has 0 spiro atoms. The van der Waals surface area contributed by atoms with E-state index in [1.54, 1.807) is 55.6 Å². The molecule has 1 saturated heterocycles. The maximum Gasteiger partial charge on any atom is 0.410 e. The summed E-state index contributed by atoms with van der Waals surface area (Å²) in [5.74, 6) is -2.79. The van der Waals surface area contributed by atoms with Gasteiger partial charge >= 0.3 is 6.09 Å². The second-order valence-corrected chi connectivity index (χ2v) is 24.0. The lowest BCUT2D eigenvalue weighted by Crippen LogP contribution is -2.60. The minimum absolute atomic E-state index is 0.0398. The van der Waals surface area contributed by atoms with Crippen molar-refractivity contribution in [1.82, 2.24) is 25.3 Å². The predicted molar refractivity (Wildman–Crippen MR) is 288 cm³/mol. The third kappa shape index (κ3) is 14.1. The number of carbonyl (C=O) groups is 5. The van der Waals surface area contributed by atoms with E-state index in [4.69, 9.17) is 19.9 Å². The number of nitrogens with one attached hydrogen (secondary N) is 2. The van der Waals surface area contributed by atoms with Gasteiger partial charge in [0.1, 0.15) is 18.2 Å². The van der Waals surface area contributed by atoms with E-state index in [0.717, 1.165) is 22.4 Å². The SMILES string of the molecule is C#[SH](Sc1ccccc1)[C@H]1c2ccccc2C[C@@H]1OC(=O)N(C)[C@H](C(=O)N[C@H](C(=O)N(C)[C@@H]([C@@H](C)CC)[C@@H](CC(=O)N1CCC[C@H]1[C@H](OC)[C@@H](C)C(=O)N[C@H](C)[C@@H](O)c1ccccc1)OC)C(C)C)C(C)C. The summed E-state index contributed by atoms with van der Waals surface area (Å²) in [5, 5.41) is 16.7. The van der Waals surface area contributed by atoms with Crippen molar-refractivity contribution >= 4 is 49.9 Å². The molecule has 0 saturated carbocycles. The molecule has 0 radical (unpaired) electrons. The van der Waals surface area contributed by atoms with Gasteiger partial charge in [0.25, 0.3) is 0 Å². The number of aliphatic hydroxyl groups is 1. The lowest BCUT2D eigenvalue weighted by Gasteiger charge is -2.41. The third-order valence-electron chi connectivity index (χ3n) is 14.7. The van der Waals surface area contributed by atoms with Gasteiger partial charge in [0.05, 0.1) is 54.0 Å². The predicted octanol–water partition coefficient (Wildman–Crippen LogP) is 8.34. The van der Waals surface area contributed by atoms with E-state index >= 15 is 0 Å². The van der Waals surface area contributed by atoms with Crippen LogP contribution in [0.1, 0.15) is 109 Å². The van der Waals surface area contributed by atoms with Crippen molar-refractivity contribution in [3.8, 4) is 5.69 Å². The summed E-state index contributed by atoms with van der Waals surface area (Å²) in [6.45, 7) is 15.4. The van der Waals surface area contributed by atoms with Gasteiger partial charge in [-0.15, -0.1) is 15.0 Å². The number of benzene rings is 3. The summed E-state index contributed by atoms with van der Waals surface area (Å²) < 4.78 is 18.4. The van der Waals surface area contributed by atoms with Crippen LogP contribution in [-0.4, -0.2) is 133 Å². The molecule has 0 bridgehead atoms. The minimum atomic E-state index is -1.21. The molecule has 13 atom stereocenters. The Bertz CT molecular complexity index is 2350. The second-order valence-electron chi connectivity index (χ2n) is 20.3. The van der Waals surface area contributed by atoms with Crippen molar-refractivity contribution < 1.29 is 43.3 Å². The summed E-state index contributed by atoms with van der Waals surface area (Å²) in [6.07, 6.45) is -0.970. The molecular weight excluding hydrogens is 951 g/mol. The Balaban J connectivity index is 1.27. The van der Waals surface area contributed by atoms with Crippen LogP contribution < -0.4 is 10.6 Å². The van der Waals surface area contributed by atoms with Crippen LogP contribution >= 0.6 is 20.1 Å². The highest BCUT2D eigenvalue weighted by atomic mass is 33.1. The molecule has 1 aliphatic heterocycles. The zero-order chi connectivity index (χ0) is 53.0. The zero-order valence-electron chi connectivity index (χ0n) is 44.4. The van der Waals surface area contributed by atoms with Crippen LogP contribution in [0, 0.1) is 29.4 Å². The number of methoxy groups -OCH3 is 2. The highest BCUT2D eigenvalue weighted by molar-refractivity contribution is 8.80. The molecular formula is C56H81N5O9S2. The number of thiol groups is 1. The normalized spacial score (nSPS) is 20.8. The monoisotopic (exact) mass is 1030 g/mol. The first-order valence-corrected chi connectivity index (χ1v) is 28.4. The van der Waals surface area contributed by atoms with Gasteiger partial charge < -0.3 is 39.8 Å². The van der Waals surface area contributed by atoms with Crippen LogP contribution in [0.4, 0.5) is 4.79 Å². The number of amides is 5. The first-order valence-electron chi connectivity index (χ1n) is 25.5. The lowest BCUT2D eigenvalue weighted by molar-refractivity contribution is -0.148. The molecule has 72 heavy (non-hydrogen) atoms. The fraction of sp³-hybridized carbons (Fsp3) is 0.571. The number of nitrogens with zero attached hydrogens (tertiary/aromatic N) is 3. The van der Waals surface area contributed by atoms with Crippen LogP contribution in [0.25, 0.3) is 0 Å². The Morgan fingerprint density at radius 2 is 1.46 bits per heavy atom. The largest absolute Gasteiger partial charge is 0.444 e. The number of fused-ring (bicyclic) bond motifs is 1. The molecule has 3 N–H and O–H groups in total. The molecule has 16 heteroatoms. The zero-order valence-corrected chi connectivity index (χ0v) is 46.1. The Kier molecular flexibility index (Phi) is 21.7. The molecule has 5 amide bonds. The van der Waals surface area contributed by atoms with Gasteiger partial charge in [-0.2, -0.15) is 0 Å². The highest BCUT2D eigenvalue weighted by Gasteiger charge is 2.44. The van der Waals surface area contributed by atoms with Crippen molar-refractivity contribution in [1.29, 1.82) is 0 Å². The number of hydrogen-bond donors (Lipinski definition) is 4. The minimum Gasteiger partial charge on any atom is -0.444 e. The van der Waals surface area contributed by atoms with Crippen molar-refractivity contribution in [3.63, 3.8) is 0 Å². The Hall–Kier alpha value is -4.83. The van der Waals surface area contributed by atoms with Gasteiger partial charge in [-0.05, 0) is 66.3 Å². The first-order chi connectivity index (χ1) is 34.2. The Labute approximate surface area is 434 Å². The van der Waals surface area contributed by atoms with Gasteiger partial charge in [0.2, 0.25) is 23.6 Å². The summed E-state index contributed by atoms with van der Waals surface area (Å²) in [5.41, 5.74) is 9.76. The van der Waals surface area contributed by atoms with Gasteiger partial charge in [0, 0.05) is 46.2 Å². The van der Waals surface area contributed by atoms with E-state index < -0.39 is 81.9 Å². The average molecular weight is 1030 g/mol. The van der Waals surface area contributed by atoms with E-state index in [-0.39, 0.29) is 47.1 Å². The molecule has 14 nitrogen and oxygen atoms in total. The van der Waals surface area contributed by atoms with Crippen LogP contribution in [0.3, 0.4) is 0 Å². The fourth-order valence-corrected chi connectivity index (χ4v) is 14.3. The highest BCUT2D eigenvalue weighted by Crippen LogP contribution is 2.53. The number of likely N-dealkylation sites (tertiary alicyclic amines) is 1. The van der Waals surface area contributed by atoms with Crippen LogP contribution in [0.5, 0.6) is 0 Å². The van der Waals surface area contributed by atoms with Crippen molar-refractivity contribution in [2.45, 2.75) is 152 Å². The number of aliphatic hydroxyl groups excluding tert-OH is 1. The lowest BCUT2D eigenvalue weighted by atomic mass is 9.89. The quantitative estimate of drug-likeness (QED) is 0.0568. The standard InChI is InChI=1S/C56H81N5O9S2/c1-14-36(6)49(44(68-11)33-46(62)61-31-23-30-43(61)51(69-12)37(7)53(64)57-38(8)50(63)39-24-17-15-18-25-39)59(9)55(66)47(34(2)3)58-54(65)48(35(4)5)60(10)56(67)70-45-32-40-26-21-22-29-42(40)52(45)72(13)71-41-27-19-16-20-28-41/h13,15-22,24-29,34-38,43-45,47-52,63,72H,14,23,30-33H2,1-12H3,(H,57,64)(H,58,65)/t36-,37+,38+,43-,44+,45-,47-,48-,49-,50+,51+,52-/m0/s1. The number of likely N-dealkylation sites (N-methyl/N-ethyl adjacent to an activating group) is 2. The molecule has 1 fully saturated rings. The van der Waals surface area contributed by atoms with Crippen LogP contribution in [0.15, 0.2) is 89.8 Å². The third-order valence-corrected chi connectivity index (χ3v) is 18.5. The second kappa shape index (κ2) is 26.9. The van der Waals surface area contributed by atoms with Crippen molar-refractivity contribution in [2.24, 2.45) is 23.7 Å². The molecule has 3 aromatic carbocycles. The summed E-state index contributed by atoms with van der Waals surface area (Å²) >= 11 is 0. The molecule has 5 rings (SSSR count). The number of hydrogen-bond acceptors (Lipinski definition) is 10. The maximum absolute atomic E-state index is 14.8. The summed E-state index contributed by atoms with van der Waals surface area (Å²) in [7, 11) is 6.70. The molecule has 1 unspecified atom stereocenters. The van der Waals surface area contributed by atoms with E-state index in [1.165, 1.54) is 12.0 Å². The van der Waals surface area contributed by atoms with Crippen molar-refractivity contribution in [3.05, 3.63) is 102 Å². The van der Waals surface area contributed by atoms with Crippen molar-refractivity contribution in [2.75, 3.05) is 34.9 Å². The van der Waals surface area contributed by atoms with Gasteiger partial charge in [-0.25, -0.2) is 4.79 Å². The fourth-order valence-electron chi connectivity index (χ4n) is 10.5. The summed E-state index contributed by atoms with van der Waals surface area (Å²) in [4.78, 5) is 77.3. The smallest absolute Gasteiger partial charge is 0.410 e. The first kappa shape index (κ1) is 58.1. The van der Waals surface area contributed by atoms with Crippen LogP contribution in [-0.2, 0) is 39.8 Å². The molecule has 2 aliphatic rings. The summed E-state index contributed by atoms with van der Waals surface area (Å²) in [6, 6.07) is 23.6. The molecule has 1 heterocycles. The average Bonchev–Trinajstić information content (AvgIpc) is 4.00. The maximum atomic E-state index is 14.8. The number of ether oxygens (including phenoxy) is 3. The van der Waals surface area contributed by atoms with Gasteiger partial charge in [0.15, 0.2) is 0 Å². The van der Waals surface area contributed by atoms with E-state index in [0.29, 0.717) is 31.4 Å². The van der Waals surface area contributed by atoms with Gasteiger partial charge in [-0.3, -0.25) is 24.1 Å². The Morgan fingerprint density at radius 1 is 0.833 bits per heavy atom. The number of carbonyl (C=O) groups excluding carboxylic acids is 5. The molecule has 1 aliphatic carbocycles. The topological polar surface area (TPSA) is 167 Å². The molecule has 396 valence electrons. The van der Waals surface area contributed by atoms with Crippen LogP contribution in [0.2, 0.25) is 0 Å². The van der Waals surface area contributed by atoms with E-state index in [2.05, 4.69) is 10.6 Å². The van der Waals surface area contributed by atoms with Gasteiger partial charge in [-0.1, -0.05) is 138 Å². The number of rotatable bonds is 22. The van der Waals surface area contributed by atoms with E-state index in [1.807, 2.05) is 126 Å².